The highest BCUT2D eigenvalue weighted by Gasteiger charge is 2.19. The molecule has 1 atom stereocenters. The quantitative estimate of drug-likeness (QED) is 0.911. The first-order valence-corrected chi connectivity index (χ1v) is 7.00. The number of piperidine rings is 1. The zero-order valence-electron chi connectivity index (χ0n) is 12.2. The summed E-state index contributed by atoms with van der Waals surface area (Å²) in [4.78, 5) is 0. The predicted molar refractivity (Wildman–Crippen MR) is 83.5 cm³/mol. The molecule has 1 aromatic rings. The predicted octanol–water partition coefficient (Wildman–Crippen LogP) is 3.78. The van der Waals surface area contributed by atoms with Gasteiger partial charge in [-0.2, -0.15) is 0 Å². The maximum atomic E-state index is 6.06. The van der Waals surface area contributed by atoms with Gasteiger partial charge in [0.25, 0.3) is 0 Å². The fourth-order valence-electron chi connectivity index (χ4n) is 2.49. The third-order valence-corrected chi connectivity index (χ3v) is 3.57. The van der Waals surface area contributed by atoms with Crippen LogP contribution in [0, 0.1) is 5.92 Å². The molecule has 3 heteroatoms. The van der Waals surface area contributed by atoms with Gasteiger partial charge in [-0.05, 0) is 36.4 Å². The molecule has 0 amide bonds. The zero-order valence-corrected chi connectivity index (χ0v) is 13.1. The van der Waals surface area contributed by atoms with Crippen molar-refractivity contribution in [2.24, 2.45) is 5.92 Å². The zero-order chi connectivity index (χ0) is 13.0. The smallest absolute Gasteiger partial charge is 0.123 e. The van der Waals surface area contributed by atoms with Gasteiger partial charge in [-0.1, -0.05) is 39.0 Å². The van der Waals surface area contributed by atoms with Crippen molar-refractivity contribution in [2.75, 3.05) is 19.7 Å². The van der Waals surface area contributed by atoms with E-state index < -0.39 is 0 Å². The Morgan fingerprint density at radius 1 is 1.26 bits per heavy atom. The van der Waals surface area contributed by atoms with E-state index in [1.807, 2.05) is 0 Å². The van der Waals surface area contributed by atoms with E-state index in [0.717, 1.165) is 25.4 Å². The lowest BCUT2D eigenvalue weighted by Gasteiger charge is -2.26. The molecule has 2 rings (SSSR count). The Kier molecular flexibility index (Phi) is 6.15. The molecule has 2 nitrogen and oxygen atoms in total. The Morgan fingerprint density at radius 2 is 2.00 bits per heavy atom. The van der Waals surface area contributed by atoms with Crippen LogP contribution in [0.2, 0.25) is 0 Å². The van der Waals surface area contributed by atoms with Crippen molar-refractivity contribution in [3.05, 3.63) is 29.8 Å². The molecule has 1 aliphatic rings. The van der Waals surface area contributed by atoms with Gasteiger partial charge in [0.15, 0.2) is 0 Å². The Hall–Kier alpha value is -0.730. The van der Waals surface area contributed by atoms with Crippen LogP contribution in [0.15, 0.2) is 24.3 Å². The minimum atomic E-state index is 0. The fraction of sp³-hybridized carbons (Fsp3) is 0.625. The number of halogens is 1. The molecule has 108 valence electrons. The summed E-state index contributed by atoms with van der Waals surface area (Å²) in [7, 11) is 0. The number of hydrogen-bond donors (Lipinski definition) is 1. The largest absolute Gasteiger partial charge is 0.493 e. The van der Waals surface area contributed by atoms with Gasteiger partial charge in [0, 0.05) is 12.5 Å². The number of ether oxygens (including phenoxy) is 1. The van der Waals surface area contributed by atoms with E-state index in [1.165, 1.54) is 18.4 Å². The molecule has 1 saturated heterocycles. The summed E-state index contributed by atoms with van der Waals surface area (Å²) >= 11 is 0. The molecule has 1 aliphatic heterocycles. The summed E-state index contributed by atoms with van der Waals surface area (Å²) in [6.07, 6.45) is 2.56. The van der Waals surface area contributed by atoms with Crippen LogP contribution < -0.4 is 10.1 Å². The monoisotopic (exact) mass is 283 g/mol. The van der Waals surface area contributed by atoms with E-state index in [9.17, 15) is 0 Å². The first-order valence-electron chi connectivity index (χ1n) is 7.00. The van der Waals surface area contributed by atoms with Crippen molar-refractivity contribution in [1.82, 2.24) is 5.32 Å². The van der Waals surface area contributed by atoms with E-state index in [0.29, 0.717) is 5.92 Å². The lowest BCUT2D eigenvalue weighted by molar-refractivity contribution is 0.215. The molecule has 1 unspecified atom stereocenters. The highest BCUT2D eigenvalue weighted by molar-refractivity contribution is 5.85. The molecule has 0 spiro atoms. The Balaban J connectivity index is 0.00000180. The molecule has 0 radical (unpaired) electrons. The summed E-state index contributed by atoms with van der Waals surface area (Å²) in [5, 5.41) is 3.44. The van der Waals surface area contributed by atoms with Crippen LogP contribution in [0.5, 0.6) is 5.75 Å². The van der Waals surface area contributed by atoms with E-state index in [1.54, 1.807) is 0 Å². The lowest BCUT2D eigenvalue weighted by Crippen LogP contribution is -2.33. The maximum Gasteiger partial charge on any atom is 0.123 e. The topological polar surface area (TPSA) is 21.3 Å². The Labute approximate surface area is 123 Å². The van der Waals surface area contributed by atoms with Gasteiger partial charge in [0.05, 0.1) is 6.61 Å². The van der Waals surface area contributed by atoms with Crippen molar-refractivity contribution in [3.8, 4) is 5.75 Å². The molecular weight excluding hydrogens is 258 g/mol. The van der Waals surface area contributed by atoms with Crippen LogP contribution in [0.3, 0.4) is 0 Å². The standard InChI is InChI=1S/C16H25NO.ClH/c1-16(2,3)14-8-4-5-9-15(14)18-12-13-7-6-10-17-11-13;/h4-5,8-9,13,17H,6-7,10-12H2,1-3H3;1H. The van der Waals surface area contributed by atoms with Crippen LogP contribution in [-0.2, 0) is 5.41 Å². The second-order valence-electron chi connectivity index (χ2n) is 6.27. The van der Waals surface area contributed by atoms with Crippen LogP contribution >= 0.6 is 12.4 Å². The van der Waals surface area contributed by atoms with Crippen LogP contribution in [0.4, 0.5) is 0 Å². The molecule has 1 aromatic carbocycles. The number of para-hydroxylation sites is 1. The average Bonchev–Trinajstić information content (AvgIpc) is 2.37. The molecule has 0 saturated carbocycles. The number of hydrogen-bond acceptors (Lipinski definition) is 2. The van der Waals surface area contributed by atoms with Gasteiger partial charge < -0.3 is 10.1 Å². The normalized spacial score (nSPS) is 19.6. The number of nitrogens with one attached hydrogen (secondary N) is 1. The van der Waals surface area contributed by atoms with Gasteiger partial charge in [-0.15, -0.1) is 12.4 Å². The van der Waals surface area contributed by atoms with Crippen LogP contribution in [0.1, 0.15) is 39.2 Å². The number of benzene rings is 1. The van der Waals surface area contributed by atoms with E-state index in [-0.39, 0.29) is 17.8 Å². The van der Waals surface area contributed by atoms with Crippen molar-refractivity contribution >= 4 is 12.4 Å². The molecule has 1 N–H and O–H groups in total. The Morgan fingerprint density at radius 3 is 2.63 bits per heavy atom. The molecule has 0 bridgehead atoms. The molecule has 19 heavy (non-hydrogen) atoms. The van der Waals surface area contributed by atoms with Crippen molar-refractivity contribution in [2.45, 2.75) is 39.0 Å². The molecule has 1 heterocycles. The van der Waals surface area contributed by atoms with Crippen molar-refractivity contribution < 1.29 is 4.74 Å². The highest BCUT2D eigenvalue weighted by Crippen LogP contribution is 2.31. The van der Waals surface area contributed by atoms with Gasteiger partial charge in [-0.3, -0.25) is 0 Å². The third-order valence-electron chi connectivity index (χ3n) is 3.57. The second-order valence-corrected chi connectivity index (χ2v) is 6.27. The van der Waals surface area contributed by atoms with Crippen LogP contribution in [-0.4, -0.2) is 19.7 Å². The van der Waals surface area contributed by atoms with E-state index in [2.05, 4.69) is 50.4 Å². The summed E-state index contributed by atoms with van der Waals surface area (Å²) in [6.45, 7) is 9.79. The van der Waals surface area contributed by atoms with Crippen LogP contribution in [0.25, 0.3) is 0 Å². The molecular formula is C16H26ClNO. The van der Waals surface area contributed by atoms with Gasteiger partial charge in [0.2, 0.25) is 0 Å². The fourth-order valence-corrected chi connectivity index (χ4v) is 2.49. The maximum absolute atomic E-state index is 6.06. The first-order chi connectivity index (χ1) is 8.57. The first kappa shape index (κ1) is 16.3. The third kappa shape index (κ3) is 4.70. The van der Waals surface area contributed by atoms with Crippen molar-refractivity contribution in [3.63, 3.8) is 0 Å². The lowest BCUT2D eigenvalue weighted by atomic mass is 9.86. The SMILES string of the molecule is CC(C)(C)c1ccccc1OCC1CCCNC1.Cl. The molecule has 0 aromatic heterocycles. The summed E-state index contributed by atoms with van der Waals surface area (Å²) in [5.41, 5.74) is 1.44. The Bertz CT molecular complexity index is 381. The second kappa shape index (κ2) is 7.16. The summed E-state index contributed by atoms with van der Waals surface area (Å²) < 4.78 is 6.06. The van der Waals surface area contributed by atoms with Gasteiger partial charge >= 0.3 is 0 Å². The minimum Gasteiger partial charge on any atom is -0.493 e. The summed E-state index contributed by atoms with van der Waals surface area (Å²) in [5.74, 6) is 1.71. The molecule has 1 fully saturated rings. The highest BCUT2D eigenvalue weighted by atomic mass is 35.5. The van der Waals surface area contributed by atoms with E-state index >= 15 is 0 Å². The van der Waals surface area contributed by atoms with Gasteiger partial charge in [0.1, 0.15) is 5.75 Å². The minimum absolute atomic E-state index is 0. The van der Waals surface area contributed by atoms with Crippen molar-refractivity contribution in [1.29, 1.82) is 0 Å². The number of rotatable bonds is 3. The summed E-state index contributed by atoms with van der Waals surface area (Å²) in [6, 6.07) is 8.42. The molecule has 0 aliphatic carbocycles. The van der Waals surface area contributed by atoms with Gasteiger partial charge in [-0.25, -0.2) is 0 Å². The average molecular weight is 284 g/mol. The van der Waals surface area contributed by atoms with E-state index in [4.69, 9.17) is 4.74 Å².